The van der Waals surface area contributed by atoms with E-state index in [2.05, 4.69) is 75.5 Å². The largest absolute Gasteiger partial charge is 0.466 e. The van der Waals surface area contributed by atoms with E-state index in [4.69, 9.17) is 21.4 Å². The van der Waals surface area contributed by atoms with Crippen molar-refractivity contribution in [2.45, 2.75) is 49.8 Å². The van der Waals surface area contributed by atoms with Crippen LogP contribution < -0.4 is 4.74 Å². The van der Waals surface area contributed by atoms with Crippen LogP contribution in [0.4, 0.5) is 0 Å². The van der Waals surface area contributed by atoms with Gasteiger partial charge in [0.1, 0.15) is 5.75 Å². The number of fused-ring (bicyclic) bond motifs is 4. The Hall–Kier alpha value is -2.30. The topological polar surface area (TPSA) is 24.8 Å². The first-order chi connectivity index (χ1) is 15.6. The molecule has 6 rings (SSSR count). The minimum atomic E-state index is -0.403. The zero-order chi connectivity index (χ0) is 21.7. The maximum absolute atomic E-state index is 6.79. The van der Waals surface area contributed by atoms with Crippen molar-refractivity contribution in [3.63, 3.8) is 0 Å². The van der Waals surface area contributed by atoms with Gasteiger partial charge >= 0.3 is 0 Å². The van der Waals surface area contributed by atoms with Crippen molar-refractivity contribution in [2.75, 3.05) is 0 Å². The molecule has 3 nitrogen and oxygen atoms in total. The summed E-state index contributed by atoms with van der Waals surface area (Å²) in [5, 5.41) is 8.19. The predicted octanol–water partition coefficient (Wildman–Crippen LogP) is 7.70. The Morgan fingerprint density at radius 1 is 0.969 bits per heavy atom. The Morgan fingerprint density at radius 3 is 2.50 bits per heavy atom. The Morgan fingerprint density at radius 2 is 1.72 bits per heavy atom. The second kappa shape index (κ2) is 7.93. The highest BCUT2D eigenvalue weighted by atomic mass is 79.9. The van der Waals surface area contributed by atoms with Crippen molar-refractivity contribution in [1.29, 1.82) is 0 Å². The van der Waals surface area contributed by atoms with Crippen LogP contribution in [0.15, 0.2) is 82.4 Å². The average Bonchev–Trinajstić information content (AvgIpc) is 3.28. The highest BCUT2D eigenvalue weighted by Crippen LogP contribution is 2.53. The molecule has 0 N–H and O–H groups in total. The molecule has 1 unspecified atom stereocenters. The normalized spacial score (nSPS) is 26.3. The van der Waals surface area contributed by atoms with Gasteiger partial charge in [0.25, 0.3) is 0 Å². The van der Waals surface area contributed by atoms with Gasteiger partial charge in [-0.1, -0.05) is 76.1 Å². The van der Waals surface area contributed by atoms with Gasteiger partial charge in [0.05, 0.1) is 11.8 Å². The Kier molecular flexibility index (Phi) is 5.03. The average molecular weight is 508 g/mol. The van der Waals surface area contributed by atoms with Crippen LogP contribution in [-0.2, 0) is 0 Å². The molecule has 0 aromatic heterocycles. The molecule has 1 fully saturated rings. The first kappa shape index (κ1) is 20.3. The number of rotatable bonds is 2. The zero-order valence-corrected chi connectivity index (χ0v) is 20.0. The summed E-state index contributed by atoms with van der Waals surface area (Å²) in [6, 6.07) is 25.4. The highest BCUT2D eigenvalue weighted by Gasteiger charge is 2.52. The zero-order valence-electron chi connectivity index (χ0n) is 17.7. The van der Waals surface area contributed by atoms with Crippen LogP contribution in [0.3, 0.4) is 0 Å². The third kappa shape index (κ3) is 3.36. The van der Waals surface area contributed by atoms with Crippen LogP contribution in [-0.4, -0.2) is 16.4 Å². The van der Waals surface area contributed by atoms with E-state index in [1.165, 1.54) is 11.1 Å². The van der Waals surface area contributed by atoms with Crippen molar-refractivity contribution in [3.05, 3.63) is 99.0 Å². The first-order valence-electron chi connectivity index (χ1n) is 11.3. The fourth-order valence-corrected chi connectivity index (χ4v) is 6.19. The fourth-order valence-electron chi connectivity index (χ4n) is 5.57. The van der Waals surface area contributed by atoms with E-state index in [0.717, 1.165) is 58.6 Å². The molecule has 162 valence electrons. The summed E-state index contributed by atoms with van der Waals surface area (Å²) < 4.78 is 7.86. The molecule has 5 heteroatoms. The monoisotopic (exact) mass is 506 g/mol. The van der Waals surface area contributed by atoms with Crippen molar-refractivity contribution in [3.8, 4) is 5.75 Å². The summed E-state index contributed by atoms with van der Waals surface area (Å²) in [6.45, 7) is 0. The minimum Gasteiger partial charge on any atom is -0.466 e. The highest BCUT2D eigenvalue weighted by molar-refractivity contribution is 9.10. The molecule has 2 heterocycles. The van der Waals surface area contributed by atoms with Crippen LogP contribution in [0.5, 0.6) is 5.75 Å². The summed E-state index contributed by atoms with van der Waals surface area (Å²) in [5.74, 6) is 1.56. The molecule has 1 atom stereocenters. The molecule has 0 amide bonds. The molecule has 32 heavy (non-hydrogen) atoms. The maximum Gasteiger partial charge on any atom is 0.198 e. The summed E-state index contributed by atoms with van der Waals surface area (Å²) in [6.07, 6.45) is 4.93. The molecule has 3 aromatic rings. The lowest BCUT2D eigenvalue weighted by Gasteiger charge is -2.50. The SMILES string of the molecule is Clc1ccccc1C1=NN2C(C1)c1cc(Br)ccc1OC21CCC(c2ccccc2)CC1. The number of hydrogen-bond donors (Lipinski definition) is 0. The molecule has 0 bridgehead atoms. The van der Waals surface area contributed by atoms with E-state index < -0.39 is 5.72 Å². The van der Waals surface area contributed by atoms with E-state index >= 15 is 0 Å². The lowest BCUT2D eigenvalue weighted by molar-refractivity contribution is -0.142. The third-order valence-corrected chi connectivity index (χ3v) is 8.00. The summed E-state index contributed by atoms with van der Waals surface area (Å²) in [7, 11) is 0. The number of nitrogens with zero attached hydrogens (tertiary/aromatic N) is 2. The summed E-state index contributed by atoms with van der Waals surface area (Å²) in [5.41, 5.74) is 4.29. The molecule has 0 radical (unpaired) electrons. The van der Waals surface area contributed by atoms with Crippen molar-refractivity contribution in [2.24, 2.45) is 5.10 Å². The molecule has 1 aliphatic carbocycles. The second-order valence-electron chi connectivity index (χ2n) is 9.01. The molecule has 3 aliphatic rings. The number of hydrazone groups is 1. The van der Waals surface area contributed by atoms with Crippen LogP contribution in [0.2, 0.25) is 5.02 Å². The van der Waals surface area contributed by atoms with E-state index in [9.17, 15) is 0 Å². The van der Waals surface area contributed by atoms with Gasteiger partial charge in [0.2, 0.25) is 0 Å². The van der Waals surface area contributed by atoms with E-state index in [1.807, 2.05) is 18.2 Å². The quantitative estimate of drug-likeness (QED) is 0.355. The number of halogens is 2. The standard InChI is InChI=1S/C27H24BrClN2O/c28-20-10-11-26-22(16-20)25-17-24(21-8-4-5-9-23(21)29)30-31(25)27(32-26)14-12-19(13-15-27)18-6-2-1-3-7-18/h1-11,16,19,25H,12-15,17H2. The molecule has 1 saturated carbocycles. The Labute approximate surface area is 202 Å². The second-order valence-corrected chi connectivity index (χ2v) is 10.3. The number of hydrogen-bond acceptors (Lipinski definition) is 3. The number of ether oxygens (including phenoxy) is 1. The van der Waals surface area contributed by atoms with Crippen molar-refractivity contribution in [1.82, 2.24) is 5.01 Å². The van der Waals surface area contributed by atoms with Crippen molar-refractivity contribution < 1.29 is 4.74 Å². The molecule has 2 aliphatic heterocycles. The van der Waals surface area contributed by atoms with Gasteiger partial charge in [-0.15, -0.1) is 0 Å². The van der Waals surface area contributed by atoms with Crippen LogP contribution >= 0.6 is 27.5 Å². The Balaban J connectivity index is 1.38. The maximum atomic E-state index is 6.79. The summed E-state index contributed by atoms with van der Waals surface area (Å²) >= 11 is 10.2. The van der Waals surface area contributed by atoms with E-state index in [0.29, 0.717) is 5.92 Å². The predicted molar refractivity (Wildman–Crippen MR) is 132 cm³/mol. The van der Waals surface area contributed by atoms with E-state index in [1.54, 1.807) is 0 Å². The third-order valence-electron chi connectivity index (χ3n) is 7.18. The smallest absolute Gasteiger partial charge is 0.198 e. The van der Waals surface area contributed by atoms with Gasteiger partial charge in [-0.2, -0.15) is 5.10 Å². The first-order valence-corrected chi connectivity index (χ1v) is 12.5. The summed E-state index contributed by atoms with van der Waals surface area (Å²) in [4.78, 5) is 0. The van der Waals surface area contributed by atoms with Crippen LogP contribution in [0.25, 0.3) is 0 Å². The van der Waals surface area contributed by atoms with E-state index in [-0.39, 0.29) is 6.04 Å². The van der Waals surface area contributed by atoms with Crippen LogP contribution in [0, 0.1) is 0 Å². The molecule has 1 spiro atoms. The van der Waals surface area contributed by atoms with Gasteiger partial charge in [0.15, 0.2) is 5.72 Å². The van der Waals surface area contributed by atoms with Crippen molar-refractivity contribution >= 4 is 33.2 Å². The number of benzene rings is 3. The van der Waals surface area contributed by atoms with Gasteiger partial charge < -0.3 is 4.74 Å². The lowest BCUT2D eigenvalue weighted by Crippen LogP contribution is -2.55. The molecule has 3 aromatic carbocycles. The Bertz CT molecular complexity index is 1190. The van der Waals surface area contributed by atoms with Gasteiger partial charge in [-0.25, -0.2) is 5.01 Å². The van der Waals surface area contributed by atoms with Gasteiger partial charge in [0, 0.05) is 39.9 Å². The van der Waals surface area contributed by atoms with Crippen LogP contribution in [0.1, 0.15) is 60.8 Å². The lowest BCUT2D eigenvalue weighted by atomic mass is 9.78. The van der Waals surface area contributed by atoms with Gasteiger partial charge in [-0.3, -0.25) is 0 Å². The molecular weight excluding hydrogens is 484 g/mol. The molecular formula is C27H24BrClN2O. The fraction of sp³-hybridized carbons (Fsp3) is 0.296. The van der Waals surface area contributed by atoms with Gasteiger partial charge in [-0.05, 0) is 48.6 Å². The minimum absolute atomic E-state index is 0.163. The molecule has 0 saturated heterocycles.